The summed E-state index contributed by atoms with van der Waals surface area (Å²) in [6.07, 6.45) is 0. The topological polar surface area (TPSA) is 96.5 Å². The molecule has 41 heavy (non-hydrogen) atoms. The minimum Gasteiger partial charge on any atom is -0.497 e. The van der Waals surface area contributed by atoms with E-state index in [1.807, 2.05) is 72.8 Å². The standard InChI is InChI=1S/C32H33N7O2/c1-21-18-22(2)20-24(19-21)35-32-37-30(33-3)36-31(38-32)34-23-6-8-25(9-7-23)39(26-10-14-28(40-4)15-11-26)27-12-16-29(41-5)17-13-27/h6-20H,1-5H3,(H3,33,34,35,36,37,38). The fourth-order valence-electron chi connectivity index (χ4n) is 4.51. The first-order chi connectivity index (χ1) is 19.9. The van der Waals surface area contributed by atoms with Crippen molar-refractivity contribution in [3.63, 3.8) is 0 Å². The first-order valence-electron chi connectivity index (χ1n) is 13.2. The maximum absolute atomic E-state index is 5.36. The summed E-state index contributed by atoms with van der Waals surface area (Å²) in [5, 5.41) is 9.62. The second-order valence-corrected chi connectivity index (χ2v) is 9.46. The van der Waals surface area contributed by atoms with E-state index in [2.05, 4.69) is 67.8 Å². The van der Waals surface area contributed by atoms with Crippen LogP contribution >= 0.6 is 0 Å². The van der Waals surface area contributed by atoms with E-state index in [1.165, 1.54) is 0 Å². The highest BCUT2D eigenvalue weighted by atomic mass is 16.5. The van der Waals surface area contributed by atoms with Crippen molar-refractivity contribution >= 4 is 46.3 Å². The Labute approximate surface area is 240 Å². The van der Waals surface area contributed by atoms with Crippen LogP contribution in [0.25, 0.3) is 0 Å². The smallest absolute Gasteiger partial charge is 0.233 e. The number of aromatic nitrogens is 3. The molecule has 9 nitrogen and oxygen atoms in total. The summed E-state index contributed by atoms with van der Waals surface area (Å²) in [5.41, 5.74) is 7.05. The fourth-order valence-corrected chi connectivity index (χ4v) is 4.51. The third kappa shape index (κ3) is 6.65. The van der Waals surface area contributed by atoms with Crippen molar-refractivity contribution in [2.45, 2.75) is 13.8 Å². The molecule has 0 atom stereocenters. The summed E-state index contributed by atoms with van der Waals surface area (Å²) >= 11 is 0. The van der Waals surface area contributed by atoms with Crippen LogP contribution in [0.3, 0.4) is 0 Å². The number of methoxy groups -OCH3 is 2. The van der Waals surface area contributed by atoms with Crippen molar-refractivity contribution in [2.75, 3.05) is 42.1 Å². The molecular weight excluding hydrogens is 514 g/mol. The number of nitrogens with zero attached hydrogens (tertiary/aromatic N) is 4. The Balaban J connectivity index is 1.41. The highest BCUT2D eigenvalue weighted by Crippen LogP contribution is 2.36. The van der Waals surface area contributed by atoms with Crippen LogP contribution in [0, 0.1) is 13.8 Å². The molecule has 0 aliphatic rings. The molecule has 5 rings (SSSR count). The fraction of sp³-hybridized carbons (Fsp3) is 0.156. The lowest BCUT2D eigenvalue weighted by Crippen LogP contribution is -2.10. The zero-order valence-electron chi connectivity index (χ0n) is 23.8. The molecule has 208 valence electrons. The zero-order chi connectivity index (χ0) is 28.8. The van der Waals surface area contributed by atoms with Crippen molar-refractivity contribution < 1.29 is 9.47 Å². The molecule has 0 saturated carbocycles. The van der Waals surface area contributed by atoms with Gasteiger partial charge >= 0.3 is 0 Å². The Hall–Kier alpha value is -5.31. The van der Waals surface area contributed by atoms with E-state index in [0.29, 0.717) is 17.8 Å². The van der Waals surface area contributed by atoms with Crippen LogP contribution in [0.1, 0.15) is 11.1 Å². The second-order valence-electron chi connectivity index (χ2n) is 9.46. The largest absolute Gasteiger partial charge is 0.497 e. The molecule has 0 radical (unpaired) electrons. The third-order valence-electron chi connectivity index (χ3n) is 6.38. The molecule has 0 aliphatic heterocycles. The van der Waals surface area contributed by atoms with Crippen molar-refractivity contribution in [3.8, 4) is 11.5 Å². The maximum atomic E-state index is 5.36. The monoisotopic (exact) mass is 547 g/mol. The van der Waals surface area contributed by atoms with Crippen LogP contribution in [-0.4, -0.2) is 36.2 Å². The number of hydrogen-bond acceptors (Lipinski definition) is 9. The van der Waals surface area contributed by atoms with Gasteiger partial charge in [-0.05, 0) is 110 Å². The maximum Gasteiger partial charge on any atom is 0.233 e. The second kappa shape index (κ2) is 12.3. The lowest BCUT2D eigenvalue weighted by Gasteiger charge is -2.26. The molecular formula is C32H33N7O2. The van der Waals surface area contributed by atoms with E-state index >= 15 is 0 Å². The van der Waals surface area contributed by atoms with Gasteiger partial charge in [0.1, 0.15) is 11.5 Å². The molecule has 0 fully saturated rings. The average molecular weight is 548 g/mol. The van der Waals surface area contributed by atoms with Gasteiger partial charge in [-0.15, -0.1) is 0 Å². The van der Waals surface area contributed by atoms with Gasteiger partial charge in [0.2, 0.25) is 17.8 Å². The van der Waals surface area contributed by atoms with Crippen LogP contribution in [0.4, 0.5) is 46.3 Å². The number of ether oxygens (including phenoxy) is 2. The van der Waals surface area contributed by atoms with E-state index in [9.17, 15) is 0 Å². The Bertz CT molecular complexity index is 1540. The Morgan fingerprint density at radius 1 is 0.537 bits per heavy atom. The Morgan fingerprint density at radius 3 is 1.39 bits per heavy atom. The summed E-state index contributed by atoms with van der Waals surface area (Å²) in [4.78, 5) is 15.7. The summed E-state index contributed by atoms with van der Waals surface area (Å²) in [6, 6.07) is 30.2. The van der Waals surface area contributed by atoms with Crippen LogP contribution in [-0.2, 0) is 0 Å². The van der Waals surface area contributed by atoms with Gasteiger partial charge in [0.05, 0.1) is 14.2 Å². The highest BCUT2D eigenvalue weighted by molar-refractivity contribution is 5.78. The van der Waals surface area contributed by atoms with Crippen molar-refractivity contribution in [1.82, 2.24) is 15.0 Å². The van der Waals surface area contributed by atoms with E-state index in [4.69, 9.17) is 9.47 Å². The summed E-state index contributed by atoms with van der Waals surface area (Å²) in [5.74, 6) is 2.92. The van der Waals surface area contributed by atoms with Gasteiger partial charge in [-0.3, -0.25) is 0 Å². The molecule has 0 saturated heterocycles. The van der Waals surface area contributed by atoms with Gasteiger partial charge in [-0.2, -0.15) is 15.0 Å². The molecule has 4 aromatic carbocycles. The molecule has 9 heteroatoms. The van der Waals surface area contributed by atoms with Gasteiger partial charge in [-0.1, -0.05) is 6.07 Å². The molecule has 0 aliphatic carbocycles. The molecule has 0 amide bonds. The average Bonchev–Trinajstić information content (AvgIpc) is 2.98. The molecule has 0 bridgehead atoms. The van der Waals surface area contributed by atoms with E-state index in [0.717, 1.165) is 51.1 Å². The normalized spacial score (nSPS) is 10.6. The van der Waals surface area contributed by atoms with Crippen LogP contribution in [0.15, 0.2) is 91.0 Å². The van der Waals surface area contributed by atoms with E-state index in [-0.39, 0.29) is 0 Å². The van der Waals surface area contributed by atoms with Crippen LogP contribution < -0.4 is 30.3 Å². The number of benzene rings is 4. The predicted octanol–water partition coefficient (Wildman–Crippen LogP) is 7.50. The van der Waals surface area contributed by atoms with Crippen molar-refractivity contribution in [3.05, 3.63) is 102 Å². The Morgan fingerprint density at radius 2 is 0.951 bits per heavy atom. The number of hydrogen-bond donors (Lipinski definition) is 3. The van der Waals surface area contributed by atoms with Crippen LogP contribution in [0.2, 0.25) is 0 Å². The minimum atomic E-state index is 0.422. The number of nitrogens with one attached hydrogen (secondary N) is 3. The van der Waals surface area contributed by atoms with Crippen molar-refractivity contribution in [2.24, 2.45) is 0 Å². The van der Waals surface area contributed by atoms with Gasteiger partial charge in [0.25, 0.3) is 0 Å². The van der Waals surface area contributed by atoms with E-state index in [1.54, 1.807) is 21.3 Å². The number of anilines is 8. The van der Waals surface area contributed by atoms with Gasteiger partial charge in [0.15, 0.2) is 0 Å². The quantitative estimate of drug-likeness (QED) is 0.164. The number of rotatable bonds is 10. The molecule has 5 aromatic rings. The SMILES string of the molecule is CNc1nc(Nc2ccc(N(c3ccc(OC)cc3)c3ccc(OC)cc3)cc2)nc(Nc2cc(C)cc(C)c2)n1. The van der Waals surface area contributed by atoms with Gasteiger partial charge < -0.3 is 30.3 Å². The summed E-state index contributed by atoms with van der Waals surface area (Å²) < 4.78 is 10.7. The minimum absolute atomic E-state index is 0.422. The van der Waals surface area contributed by atoms with Crippen LogP contribution in [0.5, 0.6) is 11.5 Å². The third-order valence-corrected chi connectivity index (χ3v) is 6.38. The molecule has 0 spiro atoms. The summed E-state index contributed by atoms with van der Waals surface area (Å²) in [6.45, 7) is 4.12. The molecule has 0 unspecified atom stereocenters. The molecule has 3 N–H and O–H groups in total. The highest BCUT2D eigenvalue weighted by Gasteiger charge is 2.14. The van der Waals surface area contributed by atoms with Gasteiger partial charge in [-0.25, -0.2) is 0 Å². The first-order valence-corrected chi connectivity index (χ1v) is 13.2. The molecule has 1 aromatic heterocycles. The lowest BCUT2D eigenvalue weighted by atomic mass is 10.1. The first kappa shape index (κ1) is 27.3. The van der Waals surface area contributed by atoms with Crippen molar-refractivity contribution in [1.29, 1.82) is 0 Å². The number of aryl methyl sites for hydroxylation is 2. The van der Waals surface area contributed by atoms with E-state index < -0.39 is 0 Å². The zero-order valence-corrected chi connectivity index (χ0v) is 23.8. The Kier molecular flexibility index (Phi) is 8.15. The predicted molar refractivity (Wildman–Crippen MR) is 166 cm³/mol. The lowest BCUT2D eigenvalue weighted by molar-refractivity contribution is 0.415. The van der Waals surface area contributed by atoms with Gasteiger partial charge in [0, 0.05) is 35.5 Å². The molecule has 1 heterocycles. The summed E-state index contributed by atoms with van der Waals surface area (Å²) in [7, 11) is 5.11.